The van der Waals surface area contributed by atoms with E-state index >= 15 is 0 Å². The van der Waals surface area contributed by atoms with E-state index in [1.165, 1.54) is 5.56 Å². The number of nitrogens with one attached hydrogen (secondary N) is 1. The highest BCUT2D eigenvalue weighted by molar-refractivity contribution is 5.20. The molecule has 0 spiro atoms. The second kappa shape index (κ2) is 6.30. The number of rotatable bonds is 7. The molecule has 0 aliphatic rings. The van der Waals surface area contributed by atoms with Gasteiger partial charge in [0, 0.05) is 30.9 Å². The first kappa shape index (κ1) is 15.1. The molecule has 18 heavy (non-hydrogen) atoms. The minimum absolute atomic E-state index is 0.127. The Morgan fingerprint density at radius 3 is 2.28 bits per heavy atom. The van der Waals surface area contributed by atoms with E-state index in [9.17, 15) is 0 Å². The molecule has 0 unspecified atom stereocenters. The molecular formula is C15H27N3. The van der Waals surface area contributed by atoms with Crippen molar-refractivity contribution < 1.29 is 0 Å². The fourth-order valence-electron chi connectivity index (χ4n) is 2.10. The Labute approximate surface area is 111 Å². The van der Waals surface area contributed by atoms with E-state index in [2.05, 4.69) is 50.1 Å². The molecule has 0 aliphatic carbocycles. The molecule has 102 valence electrons. The zero-order valence-electron chi connectivity index (χ0n) is 12.2. The van der Waals surface area contributed by atoms with Crippen LogP contribution >= 0.6 is 0 Å². The third-order valence-corrected chi connectivity index (χ3v) is 3.45. The van der Waals surface area contributed by atoms with E-state index in [0.29, 0.717) is 0 Å². The summed E-state index contributed by atoms with van der Waals surface area (Å²) in [4.78, 5) is 4.07. The van der Waals surface area contributed by atoms with Gasteiger partial charge in [0.05, 0.1) is 0 Å². The number of nitrogens with two attached hydrogens (primary N) is 1. The van der Waals surface area contributed by atoms with Gasteiger partial charge in [0.25, 0.3) is 0 Å². The quantitative estimate of drug-likeness (QED) is 0.780. The molecular weight excluding hydrogens is 222 g/mol. The van der Waals surface area contributed by atoms with E-state index in [4.69, 9.17) is 5.73 Å². The first-order chi connectivity index (χ1) is 8.37. The van der Waals surface area contributed by atoms with Crippen molar-refractivity contribution in [3.05, 3.63) is 30.1 Å². The highest BCUT2D eigenvalue weighted by Crippen LogP contribution is 2.22. The molecule has 0 fully saturated rings. The van der Waals surface area contributed by atoms with Gasteiger partial charge in [-0.15, -0.1) is 0 Å². The van der Waals surface area contributed by atoms with Crippen molar-refractivity contribution in [2.45, 2.75) is 39.5 Å². The zero-order chi connectivity index (χ0) is 13.6. The van der Waals surface area contributed by atoms with Crippen molar-refractivity contribution in [1.29, 1.82) is 0 Å². The van der Waals surface area contributed by atoms with Crippen molar-refractivity contribution in [3.63, 3.8) is 0 Å². The molecule has 1 heterocycles. The van der Waals surface area contributed by atoms with Crippen LogP contribution in [0.4, 0.5) is 0 Å². The molecule has 0 atom stereocenters. The lowest BCUT2D eigenvalue weighted by Gasteiger charge is -2.30. The molecule has 0 aliphatic heterocycles. The van der Waals surface area contributed by atoms with Crippen LogP contribution in [-0.4, -0.2) is 24.6 Å². The predicted molar refractivity (Wildman–Crippen MR) is 77.6 cm³/mol. The molecule has 0 bridgehead atoms. The summed E-state index contributed by atoms with van der Waals surface area (Å²) in [5, 5.41) is 3.57. The Morgan fingerprint density at radius 1 is 1.11 bits per heavy atom. The molecule has 3 nitrogen and oxygen atoms in total. The second-order valence-corrected chi connectivity index (χ2v) is 6.43. The summed E-state index contributed by atoms with van der Waals surface area (Å²) in [6.07, 6.45) is 4.76. The predicted octanol–water partition coefficient (Wildman–Crippen LogP) is 2.32. The van der Waals surface area contributed by atoms with Gasteiger partial charge in [0.2, 0.25) is 0 Å². The van der Waals surface area contributed by atoms with Gasteiger partial charge in [-0.05, 0) is 36.1 Å². The van der Waals surface area contributed by atoms with E-state index < -0.39 is 0 Å². The van der Waals surface area contributed by atoms with E-state index in [1.807, 2.05) is 12.4 Å². The van der Waals surface area contributed by atoms with Crippen LogP contribution < -0.4 is 11.1 Å². The van der Waals surface area contributed by atoms with Crippen LogP contribution in [0.15, 0.2) is 24.5 Å². The molecule has 0 saturated heterocycles. The third-order valence-electron chi connectivity index (χ3n) is 3.45. The largest absolute Gasteiger partial charge is 0.330 e. The standard InChI is InChI=1S/C15H27N3/c1-14(2,7-8-16)11-18-12-15(3,4)13-5-9-17-10-6-13/h5-6,9-10,18H,7-8,11-12,16H2,1-4H3. The van der Waals surface area contributed by atoms with Crippen LogP contribution in [-0.2, 0) is 5.41 Å². The fourth-order valence-corrected chi connectivity index (χ4v) is 2.10. The Hall–Kier alpha value is -0.930. The highest BCUT2D eigenvalue weighted by Gasteiger charge is 2.22. The SMILES string of the molecule is CC(C)(CCN)CNCC(C)(C)c1ccncc1. The topological polar surface area (TPSA) is 50.9 Å². The van der Waals surface area contributed by atoms with Crippen molar-refractivity contribution in [2.24, 2.45) is 11.1 Å². The summed E-state index contributed by atoms with van der Waals surface area (Å²) < 4.78 is 0. The summed E-state index contributed by atoms with van der Waals surface area (Å²) in [6.45, 7) is 11.7. The maximum absolute atomic E-state index is 5.63. The van der Waals surface area contributed by atoms with Gasteiger partial charge in [-0.2, -0.15) is 0 Å². The highest BCUT2D eigenvalue weighted by atomic mass is 14.9. The van der Waals surface area contributed by atoms with Crippen molar-refractivity contribution >= 4 is 0 Å². The van der Waals surface area contributed by atoms with Crippen molar-refractivity contribution in [1.82, 2.24) is 10.3 Å². The average Bonchev–Trinajstić information content (AvgIpc) is 2.29. The first-order valence-electron chi connectivity index (χ1n) is 6.69. The van der Waals surface area contributed by atoms with Gasteiger partial charge in [0.15, 0.2) is 0 Å². The molecule has 0 aromatic carbocycles. The summed E-state index contributed by atoms with van der Waals surface area (Å²) >= 11 is 0. The zero-order valence-corrected chi connectivity index (χ0v) is 12.2. The molecule has 1 aromatic rings. The second-order valence-electron chi connectivity index (χ2n) is 6.43. The minimum atomic E-state index is 0.127. The number of hydrogen-bond donors (Lipinski definition) is 2. The monoisotopic (exact) mass is 249 g/mol. The van der Waals surface area contributed by atoms with Gasteiger partial charge >= 0.3 is 0 Å². The molecule has 0 radical (unpaired) electrons. The lowest BCUT2D eigenvalue weighted by atomic mass is 9.84. The van der Waals surface area contributed by atoms with Crippen LogP contribution in [0.3, 0.4) is 0 Å². The summed E-state index contributed by atoms with van der Waals surface area (Å²) in [6, 6.07) is 4.18. The van der Waals surface area contributed by atoms with Crippen molar-refractivity contribution in [3.8, 4) is 0 Å². The van der Waals surface area contributed by atoms with Crippen LogP contribution in [0, 0.1) is 5.41 Å². The maximum atomic E-state index is 5.63. The third kappa shape index (κ3) is 4.75. The number of nitrogens with zero attached hydrogens (tertiary/aromatic N) is 1. The summed E-state index contributed by atoms with van der Waals surface area (Å²) in [7, 11) is 0. The molecule has 1 aromatic heterocycles. The normalized spacial score (nSPS) is 12.7. The Kier molecular flexibility index (Phi) is 5.29. The maximum Gasteiger partial charge on any atom is 0.0270 e. The number of aromatic nitrogens is 1. The summed E-state index contributed by atoms with van der Waals surface area (Å²) in [5.41, 5.74) is 7.34. The van der Waals surface area contributed by atoms with Gasteiger partial charge < -0.3 is 11.1 Å². The lowest BCUT2D eigenvalue weighted by molar-refractivity contribution is 0.305. The van der Waals surface area contributed by atoms with Gasteiger partial charge in [-0.3, -0.25) is 4.98 Å². The van der Waals surface area contributed by atoms with Crippen molar-refractivity contribution in [2.75, 3.05) is 19.6 Å². The smallest absolute Gasteiger partial charge is 0.0270 e. The van der Waals surface area contributed by atoms with Gasteiger partial charge in [-0.1, -0.05) is 27.7 Å². The van der Waals surface area contributed by atoms with Crippen LogP contribution in [0.25, 0.3) is 0 Å². The number of hydrogen-bond acceptors (Lipinski definition) is 3. The Balaban J connectivity index is 2.48. The van der Waals surface area contributed by atoms with Crippen LogP contribution in [0.1, 0.15) is 39.7 Å². The fraction of sp³-hybridized carbons (Fsp3) is 0.667. The summed E-state index contributed by atoms with van der Waals surface area (Å²) in [5.74, 6) is 0. The molecule has 3 N–H and O–H groups in total. The lowest BCUT2D eigenvalue weighted by Crippen LogP contribution is -2.38. The van der Waals surface area contributed by atoms with Gasteiger partial charge in [0.1, 0.15) is 0 Å². The minimum Gasteiger partial charge on any atom is -0.330 e. The first-order valence-corrected chi connectivity index (χ1v) is 6.69. The van der Waals surface area contributed by atoms with E-state index in [-0.39, 0.29) is 10.8 Å². The van der Waals surface area contributed by atoms with E-state index in [0.717, 1.165) is 26.1 Å². The Morgan fingerprint density at radius 2 is 1.72 bits per heavy atom. The Bertz CT molecular complexity index is 344. The van der Waals surface area contributed by atoms with E-state index in [1.54, 1.807) is 0 Å². The van der Waals surface area contributed by atoms with Crippen LogP contribution in [0.2, 0.25) is 0 Å². The van der Waals surface area contributed by atoms with Crippen LogP contribution in [0.5, 0.6) is 0 Å². The molecule has 0 amide bonds. The molecule has 0 saturated carbocycles. The average molecular weight is 249 g/mol. The van der Waals surface area contributed by atoms with Gasteiger partial charge in [-0.25, -0.2) is 0 Å². The molecule has 1 rings (SSSR count). The number of pyridine rings is 1. The molecule has 3 heteroatoms.